The molecule has 0 saturated carbocycles. The quantitative estimate of drug-likeness (QED) is 0.580. The molecule has 19 heavy (non-hydrogen) atoms. The Morgan fingerprint density at radius 3 is 2.47 bits per heavy atom. The van der Waals surface area contributed by atoms with Crippen molar-refractivity contribution in [3.8, 4) is 0 Å². The van der Waals surface area contributed by atoms with Crippen LogP contribution in [0.2, 0.25) is 0 Å². The van der Waals surface area contributed by atoms with Gasteiger partial charge in [0, 0.05) is 5.56 Å². The Morgan fingerprint density at radius 1 is 0.947 bits per heavy atom. The number of fused-ring (bicyclic) bond motifs is 1. The average molecular weight is 257 g/mol. The van der Waals surface area contributed by atoms with Gasteiger partial charge in [-0.25, -0.2) is 0 Å². The lowest BCUT2D eigenvalue weighted by atomic mass is 9.98. The van der Waals surface area contributed by atoms with Crippen LogP contribution in [0.15, 0.2) is 23.3 Å². The highest BCUT2D eigenvalue weighted by atomic mass is 15.3. The number of unbranched alkanes of at least 4 members (excludes halogenated alkanes) is 6. The van der Waals surface area contributed by atoms with Crippen LogP contribution in [0.1, 0.15) is 69.4 Å². The van der Waals surface area contributed by atoms with E-state index in [1.54, 1.807) is 0 Å². The first-order valence-electron chi connectivity index (χ1n) is 7.70. The van der Waals surface area contributed by atoms with Crippen molar-refractivity contribution in [2.24, 2.45) is 5.10 Å². The molecule has 2 nitrogen and oxygen atoms in total. The van der Waals surface area contributed by atoms with Crippen molar-refractivity contribution >= 4 is 11.4 Å². The van der Waals surface area contributed by atoms with Gasteiger partial charge in [0.15, 0.2) is 0 Å². The molecule has 1 aliphatic rings. The van der Waals surface area contributed by atoms with Crippen LogP contribution < -0.4 is 5.43 Å². The summed E-state index contributed by atoms with van der Waals surface area (Å²) in [6, 6.07) is 6.27. The first-order chi connectivity index (χ1) is 9.33. The van der Waals surface area contributed by atoms with Crippen molar-refractivity contribution in [2.75, 3.05) is 0 Å². The molecular formula is C17H25N2. The fraction of sp³-hybridized carbons (Fsp3) is 0.588. The Labute approximate surface area is 117 Å². The fourth-order valence-corrected chi connectivity index (χ4v) is 2.70. The van der Waals surface area contributed by atoms with Crippen LogP contribution in [0.25, 0.3) is 0 Å². The predicted octanol–water partition coefficient (Wildman–Crippen LogP) is 5.09. The number of rotatable bonds is 8. The summed E-state index contributed by atoms with van der Waals surface area (Å²) < 4.78 is 0. The molecule has 0 spiro atoms. The van der Waals surface area contributed by atoms with Crippen LogP contribution in [0.4, 0.5) is 5.69 Å². The van der Waals surface area contributed by atoms with Crippen LogP contribution in [0.5, 0.6) is 0 Å². The molecule has 2 heteroatoms. The summed E-state index contributed by atoms with van der Waals surface area (Å²) in [5.41, 5.74) is 9.11. The van der Waals surface area contributed by atoms with Crippen molar-refractivity contribution in [1.29, 1.82) is 0 Å². The van der Waals surface area contributed by atoms with Crippen LogP contribution in [-0.2, 0) is 0 Å². The SMILES string of the molecule is CCCCCCCCCC1=N[N]c2cccc(C)c21. The molecule has 1 aromatic carbocycles. The molecule has 1 radical (unpaired) electrons. The first-order valence-corrected chi connectivity index (χ1v) is 7.70. The molecule has 103 valence electrons. The molecule has 0 bridgehead atoms. The molecule has 0 amide bonds. The van der Waals surface area contributed by atoms with Gasteiger partial charge in [0.05, 0.1) is 11.4 Å². The normalized spacial score (nSPS) is 13.1. The van der Waals surface area contributed by atoms with Gasteiger partial charge < -0.3 is 0 Å². The third-order valence-corrected chi connectivity index (χ3v) is 3.83. The van der Waals surface area contributed by atoms with Crippen molar-refractivity contribution in [2.45, 2.75) is 65.2 Å². The van der Waals surface area contributed by atoms with Crippen LogP contribution in [-0.4, -0.2) is 5.71 Å². The topological polar surface area (TPSA) is 26.5 Å². The molecule has 0 aliphatic carbocycles. The highest BCUT2D eigenvalue weighted by Crippen LogP contribution is 2.27. The van der Waals surface area contributed by atoms with Gasteiger partial charge in [-0.2, -0.15) is 10.5 Å². The zero-order chi connectivity index (χ0) is 13.5. The van der Waals surface area contributed by atoms with E-state index in [9.17, 15) is 0 Å². The Morgan fingerprint density at radius 2 is 1.68 bits per heavy atom. The maximum atomic E-state index is 4.35. The molecular weight excluding hydrogens is 232 g/mol. The fourth-order valence-electron chi connectivity index (χ4n) is 2.70. The summed E-state index contributed by atoms with van der Waals surface area (Å²) >= 11 is 0. The largest absolute Gasteiger partial charge is 0.154 e. The zero-order valence-corrected chi connectivity index (χ0v) is 12.3. The number of benzene rings is 1. The Balaban J connectivity index is 1.71. The van der Waals surface area contributed by atoms with Crippen LogP contribution >= 0.6 is 0 Å². The summed E-state index contributed by atoms with van der Waals surface area (Å²) in [6.45, 7) is 4.42. The van der Waals surface area contributed by atoms with Gasteiger partial charge in [0.2, 0.25) is 0 Å². The lowest BCUT2D eigenvalue weighted by Gasteiger charge is -2.05. The van der Waals surface area contributed by atoms with Crippen molar-refractivity contribution in [3.05, 3.63) is 29.3 Å². The Kier molecular flexibility index (Phi) is 5.44. The van der Waals surface area contributed by atoms with Crippen molar-refractivity contribution in [3.63, 3.8) is 0 Å². The number of hydrogen-bond donors (Lipinski definition) is 0. The molecule has 1 aromatic rings. The summed E-state index contributed by atoms with van der Waals surface area (Å²) in [4.78, 5) is 0. The number of nitrogens with zero attached hydrogens (tertiary/aromatic N) is 2. The van der Waals surface area contributed by atoms with E-state index in [2.05, 4.69) is 42.6 Å². The first kappa shape index (κ1) is 14.1. The van der Waals surface area contributed by atoms with E-state index in [0.29, 0.717) is 0 Å². The molecule has 0 fully saturated rings. The van der Waals surface area contributed by atoms with Crippen molar-refractivity contribution in [1.82, 2.24) is 5.43 Å². The van der Waals surface area contributed by atoms with Gasteiger partial charge >= 0.3 is 0 Å². The van der Waals surface area contributed by atoms with Gasteiger partial charge in [-0.15, -0.1) is 0 Å². The summed E-state index contributed by atoms with van der Waals surface area (Å²) in [6.07, 6.45) is 10.5. The third-order valence-electron chi connectivity index (χ3n) is 3.83. The molecule has 0 N–H and O–H groups in total. The van der Waals surface area contributed by atoms with Crippen LogP contribution in [0.3, 0.4) is 0 Å². The standard InChI is InChI=1S/C17H25N2/c1-3-4-5-6-7-8-9-12-15-17-14(2)11-10-13-16(17)19-18-15/h10-11,13H,3-9,12H2,1-2H3. The van der Waals surface area contributed by atoms with Gasteiger partial charge in [-0.1, -0.05) is 57.6 Å². The van der Waals surface area contributed by atoms with E-state index < -0.39 is 0 Å². The Bertz CT molecular complexity index is 435. The second-order valence-electron chi connectivity index (χ2n) is 5.49. The number of hydrogen-bond acceptors (Lipinski definition) is 1. The van der Waals surface area contributed by atoms with Gasteiger partial charge in [0.1, 0.15) is 0 Å². The van der Waals surface area contributed by atoms with E-state index in [-0.39, 0.29) is 0 Å². The molecule has 1 aliphatic heterocycles. The van der Waals surface area contributed by atoms with Gasteiger partial charge in [-0.05, 0) is 31.4 Å². The van der Waals surface area contributed by atoms with Gasteiger partial charge in [-0.3, -0.25) is 0 Å². The van der Waals surface area contributed by atoms with Crippen molar-refractivity contribution < 1.29 is 0 Å². The average Bonchev–Trinajstić information content (AvgIpc) is 2.82. The molecule has 0 atom stereocenters. The lowest BCUT2D eigenvalue weighted by Crippen LogP contribution is -1.99. The summed E-state index contributed by atoms with van der Waals surface area (Å²) in [7, 11) is 0. The third kappa shape index (κ3) is 3.82. The van der Waals surface area contributed by atoms with E-state index in [1.165, 1.54) is 61.8 Å². The van der Waals surface area contributed by atoms with E-state index in [4.69, 9.17) is 0 Å². The maximum absolute atomic E-state index is 4.35. The second kappa shape index (κ2) is 7.32. The number of aryl methyl sites for hydroxylation is 1. The van der Waals surface area contributed by atoms with Gasteiger partial charge in [0.25, 0.3) is 0 Å². The predicted molar refractivity (Wildman–Crippen MR) is 82.1 cm³/mol. The monoisotopic (exact) mass is 257 g/mol. The summed E-state index contributed by atoms with van der Waals surface area (Å²) in [5.74, 6) is 0. The minimum atomic E-state index is 1.05. The Hall–Kier alpha value is -1.31. The molecule has 0 saturated heterocycles. The van der Waals surface area contributed by atoms with Crippen LogP contribution in [0, 0.1) is 6.92 Å². The van der Waals surface area contributed by atoms with E-state index in [1.807, 2.05) is 0 Å². The highest BCUT2D eigenvalue weighted by molar-refractivity contribution is 6.07. The molecule has 0 aromatic heterocycles. The smallest absolute Gasteiger partial charge is 0.0950 e. The summed E-state index contributed by atoms with van der Waals surface area (Å²) in [5, 5.41) is 4.35. The lowest BCUT2D eigenvalue weighted by molar-refractivity contribution is 0.595. The van der Waals surface area contributed by atoms with E-state index in [0.717, 1.165) is 12.1 Å². The molecule has 1 heterocycles. The second-order valence-corrected chi connectivity index (χ2v) is 5.49. The minimum Gasteiger partial charge on any atom is -0.154 e. The highest BCUT2D eigenvalue weighted by Gasteiger charge is 2.18. The minimum absolute atomic E-state index is 1.05. The molecule has 2 rings (SSSR count). The van der Waals surface area contributed by atoms with E-state index >= 15 is 0 Å². The molecule has 0 unspecified atom stereocenters. The maximum Gasteiger partial charge on any atom is 0.0950 e. The zero-order valence-electron chi connectivity index (χ0n) is 12.3.